The zero-order valence-corrected chi connectivity index (χ0v) is 15.3. The molecule has 27 heavy (non-hydrogen) atoms. The minimum atomic E-state index is -0.362. The first-order valence-electron chi connectivity index (χ1n) is 8.84. The van der Waals surface area contributed by atoms with Crippen molar-refractivity contribution in [1.82, 2.24) is 35.3 Å². The summed E-state index contributed by atoms with van der Waals surface area (Å²) >= 11 is 0. The van der Waals surface area contributed by atoms with E-state index in [-0.39, 0.29) is 12.0 Å². The van der Waals surface area contributed by atoms with Gasteiger partial charge in [-0.2, -0.15) is 10.3 Å². The number of hydrogen-bond donors (Lipinski definition) is 1. The Hall–Kier alpha value is -3.07. The van der Waals surface area contributed by atoms with Crippen molar-refractivity contribution < 1.29 is 9.53 Å². The highest BCUT2D eigenvalue weighted by Gasteiger charge is 2.28. The molecule has 2 aromatic heterocycles. The lowest BCUT2D eigenvalue weighted by Gasteiger charge is -2.31. The number of H-pyrrole nitrogens is 1. The largest absolute Gasteiger partial charge is 0.366 e. The van der Waals surface area contributed by atoms with Gasteiger partial charge in [-0.3, -0.25) is 9.48 Å². The number of nitrogens with one attached hydrogen (secondary N) is 1. The molecule has 140 valence electrons. The molecule has 0 spiro atoms. The summed E-state index contributed by atoms with van der Waals surface area (Å²) in [5.41, 5.74) is 3.78. The minimum Gasteiger partial charge on any atom is -0.366 e. The molecule has 1 amide bonds. The predicted molar refractivity (Wildman–Crippen MR) is 96.0 cm³/mol. The first-order chi connectivity index (χ1) is 13.1. The summed E-state index contributed by atoms with van der Waals surface area (Å²) < 4.78 is 7.61. The number of aromatic nitrogens is 6. The fourth-order valence-corrected chi connectivity index (χ4v) is 3.29. The van der Waals surface area contributed by atoms with Gasteiger partial charge in [-0.05, 0) is 37.6 Å². The van der Waals surface area contributed by atoms with Gasteiger partial charge in [0.1, 0.15) is 6.10 Å². The lowest BCUT2D eigenvalue weighted by Crippen LogP contribution is -2.42. The van der Waals surface area contributed by atoms with E-state index in [1.165, 1.54) is 0 Å². The Morgan fingerprint density at radius 2 is 2.22 bits per heavy atom. The van der Waals surface area contributed by atoms with Crippen LogP contribution in [0.4, 0.5) is 0 Å². The molecule has 1 aromatic carbocycles. The Kier molecular flexibility index (Phi) is 4.68. The maximum absolute atomic E-state index is 13.0. The molecular formula is C18H21N7O2. The average molecular weight is 367 g/mol. The molecule has 1 unspecified atom stereocenters. The molecule has 0 radical (unpaired) electrons. The molecule has 0 saturated carbocycles. The number of hydrogen-bond acceptors (Lipinski definition) is 6. The van der Waals surface area contributed by atoms with Gasteiger partial charge in [0.25, 0.3) is 5.91 Å². The van der Waals surface area contributed by atoms with Crippen LogP contribution in [0.1, 0.15) is 39.2 Å². The van der Waals surface area contributed by atoms with Crippen LogP contribution < -0.4 is 0 Å². The van der Waals surface area contributed by atoms with E-state index in [1.807, 2.05) is 48.9 Å². The third-order valence-electron chi connectivity index (χ3n) is 4.61. The summed E-state index contributed by atoms with van der Waals surface area (Å²) in [6.07, 6.45) is -0.362. The molecule has 0 aliphatic carbocycles. The molecule has 1 atom stereocenters. The van der Waals surface area contributed by atoms with Gasteiger partial charge in [-0.15, -0.1) is 10.2 Å². The molecule has 9 nitrogen and oxygen atoms in total. The van der Waals surface area contributed by atoms with E-state index < -0.39 is 0 Å². The van der Waals surface area contributed by atoms with Crippen LogP contribution in [0.2, 0.25) is 0 Å². The Morgan fingerprint density at radius 3 is 2.96 bits per heavy atom. The molecule has 0 bridgehead atoms. The van der Waals surface area contributed by atoms with E-state index >= 15 is 0 Å². The number of aromatic amines is 1. The number of nitrogens with zero attached hydrogens (tertiary/aromatic N) is 6. The Morgan fingerprint density at radius 1 is 1.33 bits per heavy atom. The second kappa shape index (κ2) is 7.28. The Bertz CT molecular complexity index is 935. The third kappa shape index (κ3) is 3.72. The van der Waals surface area contributed by atoms with Crippen LogP contribution in [0.25, 0.3) is 0 Å². The van der Waals surface area contributed by atoms with E-state index in [0.717, 1.165) is 17.0 Å². The van der Waals surface area contributed by atoms with Crippen LogP contribution in [0, 0.1) is 13.8 Å². The maximum Gasteiger partial charge on any atom is 0.254 e. The summed E-state index contributed by atoms with van der Waals surface area (Å²) in [6.45, 7) is 6.02. The van der Waals surface area contributed by atoms with Gasteiger partial charge in [0.15, 0.2) is 0 Å². The molecule has 9 heteroatoms. The zero-order valence-electron chi connectivity index (χ0n) is 15.3. The van der Waals surface area contributed by atoms with Gasteiger partial charge in [-0.25, -0.2) is 0 Å². The van der Waals surface area contributed by atoms with Crippen molar-refractivity contribution in [2.45, 2.75) is 26.5 Å². The molecular weight excluding hydrogens is 346 g/mol. The first-order valence-corrected chi connectivity index (χ1v) is 8.84. The van der Waals surface area contributed by atoms with Crippen LogP contribution in [0.3, 0.4) is 0 Å². The lowest BCUT2D eigenvalue weighted by molar-refractivity contribution is -0.0268. The summed E-state index contributed by atoms with van der Waals surface area (Å²) in [5, 5.41) is 18.4. The molecule has 1 aliphatic rings. The number of carbonyl (C=O) groups excluding carboxylic acids is 1. The molecule has 1 saturated heterocycles. The smallest absolute Gasteiger partial charge is 0.254 e. The standard InChI is InChI=1S/C18H21N7O2/c1-12-8-13(2)25(21-12)10-14-4-3-5-15(9-14)18(26)24-6-7-27-16(11-24)17-19-22-23-20-17/h3-5,8-9,16H,6-7,10-11H2,1-2H3,(H,19,20,22,23). The van der Waals surface area contributed by atoms with Gasteiger partial charge >= 0.3 is 0 Å². The normalized spacial score (nSPS) is 17.3. The van der Waals surface area contributed by atoms with Crippen molar-refractivity contribution in [3.05, 3.63) is 58.7 Å². The molecule has 4 rings (SSSR count). The number of carbonyl (C=O) groups is 1. The lowest BCUT2D eigenvalue weighted by atomic mass is 10.1. The van der Waals surface area contributed by atoms with Gasteiger partial charge in [0.2, 0.25) is 5.82 Å². The van der Waals surface area contributed by atoms with Crippen molar-refractivity contribution in [3.63, 3.8) is 0 Å². The molecule has 1 aliphatic heterocycles. The molecule has 1 N–H and O–H groups in total. The molecule has 3 aromatic rings. The van der Waals surface area contributed by atoms with Crippen LogP contribution in [0.5, 0.6) is 0 Å². The van der Waals surface area contributed by atoms with Gasteiger partial charge in [0, 0.05) is 17.8 Å². The Labute approximate surface area is 156 Å². The molecule has 1 fully saturated rings. The summed E-state index contributed by atoms with van der Waals surface area (Å²) in [7, 11) is 0. The van der Waals surface area contributed by atoms with Crippen molar-refractivity contribution in [1.29, 1.82) is 0 Å². The highest BCUT2D eigenvalue weighted by atomic mass is 16.5. The van der Waals surface area contributed by atoms with E-state index in [0.29, 0.717) is 37.6 Å². The van der Waals surface area contributed by atoms with Gasteiger partial charge < -0.3 is 9.64 Å². The zero-order chi connectivity index (χ0) is 18.8. The fourth-order valence-electron chi connectivity index (χ4n) is 3.29. The number of morpholine rings is 1. The van der Waals surface area contributed by atoms with E-state index in [9.17, 15) is 4.79 Å². The highest BCUT2D eigenvalue weighted by molar-refractivity contribution is 5.94. The van der Waals surface area contributed by atoms with Crippen LogP contribution in [-0.2, 0) is 11.3 Å². The monoisotopic (exact) mass is 367 g/mol. The van der Waals surface area contributed by atoms with Crippen molar-refractivity contribution in [2.24, 2.45) is 0 Å². The van der Waals surface area contributed by atoms with Gasteiger partial charge in [0.05, 0.1) is 25.4 Å². The van der Waals surface area contributed by atoms with Crippen molar-refractivity contribution in [2.75, 3.05) is 19.7 Å². The summed E-state index contributed by atoms with van der Waals surface area (Å²) in [5.74, 6) is 0.438. The number of aryl methyl sites for hydroxylation is 2. The van der Waals surface area contributed by atoms with Crippen molar-refractivity contribution in [3.8, 4) is 0 Å². The predicted octanol–water partition coefficient (Wildman–Crippen LogP) is 1.28. The van der Waals surface area contributed by atoms with Crippen molar-refractivity contribution >= 4 is 5.91 Å². The number of rotatable bonds is 4. The summed E-state index contributed by atoms with van der Waals surface area (Å²) in [4.78, 5) is 14.7. The van der Waals surface area contributed by atoms with E-state index in [1.54, 1.807) is 4.90 Å². The first kappa shape index (κ1) is 17.3. The van der Waals surface area contributed by atoms with Crippen LogP contribution in [0.15, 0.2) is 30.3 Å². The quantitative estimate of drug-likeness (QED) is 0.745. The number of benzene rings is 1. The van der Waals surface area contributed by atoms with Crippen LogP contribution in [-0.4, -0.2) is 60.9 Å². The van der Waals surface area contributed by atoms with E-state index in [2.05, 4.69) is 25.7 Å². The summed E-state index contributed by atoms with van der Waals surface area (Å²) in [6, 6.07) is 9.73. The van der Waals surface area contributed by atoms with Gasteiger partial charge in [-0.1, -0.05) is 17.3 Å². The van der Waals surface area contributed by atoms with E-state index in [4.69, 9.17) is 4.74 Å². The highest BCUT2D eigenvalue weighted by Crippen LogP contribution is 2.20. The second-order valence-corrected chi connectivity index (χ2v) is 6.67. The van der Waals surface area contributed by atoms with Crippen LogP contribution >= 0.6 is 0 Å². The maximum atomic E-state index is 13.0. The number of ether oxygens (including phenoxy) is 1. The molecule has 3 heterocycles. The number of amides is 1. The third-order valence-corrected chi connectivity index (χ3v) is 4.61. The number of tetrazole rings is 1. The SMILES string of the molecule is Cc1cc(C)n(Cc2cccc(C(=O)N3CCOC(c4nn[nH]n4)C3)c2)n1. The topological polar surface area (TPSA) is 102 Å². The fraction of sp³-hybridized carbons (Fsp3) is 0.389. The average Bonchev–Trinajstić information content (AvgIpc) is 3.32. The minimum absolute atomic E-state index is 0.0259. The Balaban J connectivity index is 1.49. The second-order valence-electron chi connectivity index (χ2n) is 6.67.